The summed E-state index contributed by atoms with van der Waals surface area (Å²) in [6.45, 7) is 4.07. The minimum atomic E-state index is -0.275. The summed E-state index contributed by atoms with van der Waals surface area (Å²) in [7, 11) is 3.22. The molecule has 1 heterocycles. The summed E-state index contributed by atoms with van der Waals surface area (Å²) in [6.07, 6.45) is 1.96. The predicted molar refractivity (Wildman–Crippen MR) is 124 cm³/mol. The zero-order valence-corrected chi connectivity index (χ0v) is 18.2. The Bertz CT molecular complexity index is 1120. The van der Waals surface area contributed by atoms with E-state index in [9.17, 15) is 4.79 Å². The van der Waals surface area contributed by atoms with Crippen LogP contribution in [0.3, 0.4) is 0 Å². The van der Waals surface area contributed by atoms with E-state index in [4.69, 9.17) is 9.47 Å². The monoisotopic (exact) mass is 414 g/mol. The topological polar surface area (TPSA) is 50.8 Å². The number of rotatable bonds is 6. The molecule has 31 heavy (non-hydrogen) atoms. The molecule has 5 nitrogen and oxygen atoms in total. The van der Waals surface area contributed by atoms with Crippen LogP contribution in [0.5, 0.6) is 11.5 Å². The highest BCUT2D eigenvalue weighted by molar-refractivity contribution is 6.11. The summed E-state index contributed by atoms with van der Waals surface area (Å²) in [5.41, 5.74) is 5.51. The maximum absolute atomic E-state index is 13.5. The number of nitrogens with one attached hydrogen (secondary N) is 1. The molecule has 0 spiro atoms. The summed E-state index contributed by atoms with van der Waals surface area (Å²) in [5.74, 6) is 1.20. The Hall–Kier alpha value is -3.73. The Morgan fingerprint density at radius 2 is 1.42 bits per heavy atom. The third-order valence-corrected chi connectivity index (χ3v) is 5.44. The number of aryl methyl sites for hydroxylation is 2. The zero-order chi connectivity index (χ0) is 22.0. The molecule has 0 radical (unpaired) electrons. The largest absolute Gasteiger partial charge is 0.493 e. The first kappa shape index (κ1) is 20.5. The van der Waals surface area contributed by atoms with Gasteiger partial charge in [0, 0.05) is 11.4 Å². The van der Waals surface area contributed by atoms with Gasteiger partial charge in [0.15, 0.2) is 11.5 Å². The lowest BCUT2D eigenvalue weighted by Gasteiger charge is -2.26. The molecule has 0 aromatic heterocycles. The van der Waals surface area contributed by atoms with Gasteiger partial charge in [0.25, 0.3) is 5.91 Å². The Labute approximate surface area is 182 Å². The standard InChI is InChI=1S/C26H26N2O3/c1-17-5-10-20(11-6-17)27-22-16-23(19-9-14-24(30-3)25(15-19)31-4)28(26(22)29)21-12-7-18(2)8-13-21/h5-16,23,27H,1-4H3/t23-/m0/s1. The van der Waals surface area contributed by atoms with Crippen LogP contribution in [0.2, 0.25) is 0 Å². The van der Waals surface area contributed by atoms with Gasteiger partial charge in [0.05, 0.1) is 20.3 Å². The number of hydrogen-bond donors (Lipinski definition) is 1. The van der Waals surface area contributed by atoms with Crippen LogP contribution in [0.1, 0.15) is 22.7 Å². The number of ether oxygens (including phenoxy) is 2. The number of anilines is 2. The van der Waals surface area contributed by atoms with E-state index in [0.717, 1.165) is 22.5 Å². The molecular formula is C26H26N2O3. The summed E-state index contributed by atoms with van der Waals surface area (Å²) in [6, 6.07) is 21.4. The van der Waals surface area contributed by atoms with Gasteiger partial charge in [-0.2, -0.15) is 0 Å². The van der Waals surface area contributed by atoms with Crippen molar-refractivity contribution in [1.29, 1.82) is 0 Å². The maximum atomic E-state index is 13.5. The van der Waals surface area contributed by atoms with Crippen molar-refractivity contribution in [1.82, 2.24) is 0 Å². The van der Waals surface area contributed by atoms with Crippen molar-refractivity contribution in [3.8, 4) is 11.5 Å². The van der Waals surface area contributed by atoms with Gasteiger partial charge in [-0.05, 0) is 61.9 Å². The van der Waals surface area contributed by atoms with E-state index in [2.05, 4.69) is 5.32 Å². The molecule has 0 bridgehead atoms. The smallest absolute Gasteiger partial charge is 0.275 e. The Morgan fingerprint density at radius 3 is 2.03 bits per heavy atom. The molecule has 3 aromatic rings. The highest BCUT2D eigenvalue weighted by Crippen LogP contribution is 2.39. The van der Waals surface area contributed by atoms with E-state index in [1.165, 1.54) is 5.56 Å². The van der Waals surface area contributed by atoms with Crippen LogP contribution in [0.4, 0.5) is 11.4 Å². The second-order valence-corrected chi connectivity index (χ2v) is 7.64. The van der Waals surface area contributed by atoms with Gasteiger partial charge in [-0.1, -0.05) is 41.5 Å². The molecule has 1 atom stereocenters. The molecule has 1 amide bonds. The highest BCUT2D eigenvalue weighted by Gasteiger charge is 2.35. The van der Waals surface area contributed by atoms with Crippen LogP contribution in [0.25, 0.3) is 0 Å². The van der Waals surface area contributed by atoms with Crippen LogP contribution in [-0.4, -0.2) is 20.1 Å². The van der Waals surface area contributed by atoms with Crippen LogP contribution in [0.15, 0.2) is 78.5 Å². The Kier molecular flexibility index (Phi) is 5.67. The molecule has 4 rings (SSSR count). The van der Waals surface area contributed by atoms with E-state index in [1.807, 2.05) is 86.7 Å². The van der Waals surface area contributed by atoms with Crippen LogP contribution in [-0.2, 0) is 4.79 Å². The summed E-state index contributed by atoms with van der Waals surface area (Å²) < 4.78 is 10.9. The van der Waals surface area contributed by atoms with Crippen LogP contribution in [0, 0.1) is 13.8 Å². The number of carbonyl (C=O) groups is 1. The number of benzene rings is 3. The normalized spacial score (nSPS) is 15.6. The van der Waals surface area contributed by atoms with Crippen molar-refractivity contribution in [3.05, 3.63) is 95.2 Å². The van der Waals surface area contributed by atoms with Crippen molar-refractivity contribution in [3.63, 3.8) is 0 Å². The lowest BCUT2D eigenvalue weighted by molar-refractivity contribution is -0.114. The summed E-state index contributed by atoms with van der Waals surface area (Å²) in [5, 5.41) is 3.29. The summed E-state index contributed by atoms with van der Waals surface area (Å²) in [4.78, 5) is 15.3. The van der Waals surface area contributed by atoms with Gasteiger partial charge in [0.1, 0.15) is 5.70 Å². The predicted octanol–water partition coefficient (Wildman–Crippen LogP) is 5.40. The van der Waals surface area contributed by atoms with Crippen LogP contribution >= 0.6 is 0 Å². The molecule has 0 aliphatic carbocycles. The minimum absolute atomic E-state index is 0.0794. The first-order valence-corrected chi connectivity index (χ1v) is 10.2. The molecule has 0 saturated heterocycles. The average molecular weight is 415 g/mol. The second-order valence-electron chi connectivity index (χ2n) is 7.64. The third kappa shape index (κ3) is 4.12. The lowest BCUT2D eigenvalue weighted by atomic mass is 10.0. The number of amides is 1. The molecule has 1 aliphatic heterocycles. The van der Waals surface area contributed by atoms with Gasteiger partial charge in [-0.15, -0.1) is 0 Å². The first-order valence-electron chi connectivity index (χ1n) is 10.2. The molecule has 1 aliphatic rings. The zero-order valence-electron chi connectivity index (χ0n) is 18.2. The van der Waals surface area contributed by atoms with Crippen LogP contribution < -0.4 is 19.7 Å². The fourth-order valence-corrected chi connectivity index (χ4v) is 3.71. The van der Waals surface area contributed by atoms with Crippen molar-refractivity contribution in [2.24, 2.45) is 0 Å². The van der Waals surface area contributed by atoms with E-state index in [1.54, 1.807) is 19.1 Å². The van der Waals surface area contributed by atoms with Gasteiger partial charge in [-0.25, -0.2) is 0 Å². The van der Waals surface area contributed by atoms with Crippen molar-refractivity contribution >= 4 is 17.3 Å². The van der Waals surface area contributed by atoms with E-state index in [-0.39, 0.29) is 11.9 Å². The molecule has 0 saturated carbocycles. The number of hydrogen-bond acceptors (Lipinski definition) is 4. The summed E-state index contributed by atoms with van der Waals surface area (Å²) >= 11 is 0. The highest BCUT2D eigenvalue weighted by atomic mass is 16.5. The lowest BCUT2D eigenvalue weighted by Crippen LogP contribution is -2.30. The second kappa shape index (κ2) is 8.56. The molecule has 5 heteroatoms. The first-order chi connectivity index (χ1) is 15.0. The van der Waals surface area contributed by atoms with Crippen molar-refractivity contribution in [2.75, 3.05) is 24.4 Å². The van der Waals surface area contributed by atoms with Gasteiger partial charge < -0.3 is 14.8 Å². The molecule has 3 aromatic carbocycles. The Morgan fingerprint density at radius 1 is 0.806 bits per heavy atom. The molecule has 0 unspecified atom stereocenters. The molecule has 158 valence electrons. The van der Waals surface area contributed by atoms with E-state index < -0.39 is 0 Å². The van der Waals surface area contributed by atoms with E-state index >= 15 is 0 Å². The fraction of sp³-hybridized carbons (Fsp3) is 0.192. The maximum Gasteiger partial charge on any atom is 0.275 e. The fourth-order valence-electron chi connectivity index (χ4n) is 3.71. The third-order valence-electron chi connectivity index (χ3n) is 5.44. The SMILES string of the molecule is COc1ccc([C@@H]2C=C(Nc3ccc(C)cc3)C(=O)N2c2ccc(C)cc2)cc1OC. The molecular weight excluding hydrogens is 388 g/mol. The Balaban J connectivity index is 1.75. The molecule has 0 fully saturated rings. The average Bonchev–Trinajstić information content (AvgIpc) is 3.11. The van der Waals surface area contributed by atoms with Gasteiger partial charge in [-0.3, -0.25) is 9.69 Å². The number of nitrogens with zero attached hydrogens (tertiary/aromatic N) is 1. The quantitative estimate of drug-likeness (QED) is 0.586. The minimum Gasteiger partial charge on any atom is -0.493 e. The number of carbonyl (C=O) groups excluding carboxylic acids is 1. The molecule has 1 N–H and O–H groups in total. The number of methoxy groups -OCH3 is 2. The van der Waals surface area contributed by atoms with Gasteiger partial charge >= 0.3 is 0 Å². The van der Waals surface area contributed by atoms with Gasteiger partial charge in [0.2, 0.25) is 0 Å². The van der Waals surface area contributed by atoms with Crippen molar-refractivity contribution in [2.45, 2.75) is 19.9 Å². The van der Waals surface area contributed by atoms with E-state index in [0.29, 0.717) is 17.2 Å². The van der Waals surface area contributed by atoms with Crippen molar-refractivity contribution < 1.29 is 14.3 Å².